The Morgan fingerprint density at radius 1 is 0.273 bits per heavy atom. The smallest absolute Gasteiger partial charge is 0.00201 e. The van der Waals surface area contributed by atoms with Crippen LogP contribution in [0.3, 0.4) is 0 Å². The van der Waals surface area contributed by atoms with Crippen LogP contribution in [0.2, 0.25) is 0 Å². The average Bonchev–Trinajstić information content (AvgIpc) is 3.08. The van der Waals surface area contributed by atoms with Gasteiger partial charge in [0.1, 0.15) is 0 Å². The third-order valence-corrected chi connectivity index (χ3v) is 10.1. The predicted molar refractivity (Wildman–Crippen MR) is 194 cm³/mol. The summed E-state index contributed by atoms with van der Waals surface area (Å²) in [5.41, 5.74) is 4.91. The van der Waals surface area contributed by atoms with Crippen molar-refractivity contribution < 1.29 is 0 Å². The minimum absolute atomic E-state index is 1.18. The molecule has 0 atom stereocenters. The molecule has 44 heavy (non-hydrogen) atoms. The number of rotatable bonds is 3. The molecule has 10 aromatic rings. The second-order valence-electron chi connectivity index (χ2n) is 12.0. The molecule has 0 unspecified atom stereocenters. The second-order valence-corrected chi connectivity index (χ2v) is 12.0. The summed E-state index contributed by atoms with van der Waals surface area (Å²) >= 11 is 0. The van der Waals surface area contributed by atoms with Gasteiger partial charge in [0, 0.05) is 0 Å². The molecule has 0 aromatic heterocycles. The molecule has 0 heterocycles. The van der Waals surface area contributed by atoms with Crippen LogP contribution in [-0.2, 0) is 0 Å². The summed E-state index contributed by atoms with van der Waals surface area (Å²) in [4.78, 5) is 0. The molecule has 0 bridgehead atoms. The van der Waals surface area contributed by atoms with Crippen LogP contribution in [0.25, 0.3) is 109 Å². The van der Waals surface area contributed by atoms with Crippen LogP contribution in [0.15, 0.2) is 134 Å². The summed E-state index contributed by atoms with van der Waals surface area (Å²) in [6, 6.07) is 45.4. The zero-order valence-corrected chi connectivity index (χ0v) is 24.1. The van der Waals surface area contributed by atoms with Gasteiger partial charge in [-0.1, -0.05) is 147 Å². The summed E-state index contributed by atoms with van der Waals surface area (Å²) in [6.07, 6.45) is 3.94. The van der Waals surface area contributed by atoms with Crippen molar-refractivity contribution in [3.63, 3.8) is 0 Å². The van der Waals surface area contributed by atoms with E-state index in [1.807, 2.05) is 12.2 Å². The zero-order chi connectivity index (χ0) is 29.1. The zero-order valence-electron chi connectivity index (χ0n) is 24.1. The Kier molecular flexibility index (Phi) is 4.56. The number of hydrogen-bond donors (Lipinski definition) is 0. The quantitative estimate of drug-likeness (QED) is 0.150. The highest BCUT2D eigenvalue weighted by molar-refractivity contribution is 6.37. The molecular weight excluding hydrogens is 528 g/mol. The maximum atomic E-state index is 4.09. The summed E-state index contributed by atoms with van der Waals surface area (Å²) < 4.78 is 0. The molecule has 10 rings (SSSR count). The molecule has 0 heteroatoms. The van der Waals surface area contributed by atoms with E-state index in [9.17, 15) is 0 Å². The molecule has 0 aliphatic rings. The topological polar surface area (TPSA) is 0 Å². The van der Waals surface area contributed by atoms with Crippen molar-refractivity contribution in [1.82, 2.24) is 0 Å². The van der Waals surface area contributed by atoms with E-state index < -0.39 is 0 Å². The molecule has 0 aliphatic heterocycles. The first kappa shape index (κ1) is 23.8. The Morgan fingerprint density at radius 2 is 0.545 bits per heavy atom. The third-order valence-electron chi connectivity index (χ3n) is 10.1. The Labute approximate surface area is 254 Å². The lowest BCUT2D eigenvalue weighted by Crippen LogP contribution is -1.92. The summed E-state index contributed by atoms with van der Waals surface area (Å²) in [6.45, 7) is 8.17. The largest absolute Gasteiger partial charge is 0.0984 e. The third kappa shape index (κ3) is 2.83. The molecule has 0 aliphatic carbocycles. The van der Waals surface area contributed by atoms with Gasteiger partial charge in [-0.3, -0.25) is 0 Å². The first-order valence-corrected chi connectivity index (χ1v) is 15.3. The number of fused-ring (bicyclic) bond motifs is 4. The van der Waals surface area contributed by atoms with E-state index in [2.05, 4.69) is 134 Å². The van der Waals surface area contributed by atoms with E-state index in [1.165, 1.54) is 108 Å². The Bertz CT molecular complexity index is 2610. The van der Waals surface area contributed by atoms with Crippen LogP contribution >= 0.6 is 0 Å². The maximum absolute atomic E-state index is 4.09. The SMILES string of the molecule is C=Cc1ccc2c3cccc4c(-c5ccc6c7cccc8c(C=C)ccc(c9cccc5c96)c87)ccc(c5cccc1c25)c43. The molecule has 0 saturated heterocycles. The monoisotopic (exact) mass is 554 g/mol. The van der Waals surface area contributed by atoms with Gasteiger partial charge >= 0.3 is 0 Å². The highest BCUT2D eigenvalue weighted by Gasteiger charge is 2.19. The minimum Gasteiger partial charge on any atom is -0.0984 e. The van der Waals surface area contributed by atoms with Crippen molar-refractivity contribution in [2.75, 3.05) is 0 Å². The first-order chi connectivity index (χ1) is 21.8. The molecule has 0 radical (unpaired) electrons. The normalized spacial score (nSPS) is 12.3. The van der Waals surface area contributed by atoms with Crippen molar-refractivity contribution in [3.8, 4) is 11.1 Å². The lowest BCUT2D eigenvalue weighted by molar-refractivity contribution is 1.72. The second kappa shape index (κ2) is 8.43. The number of hydrogen-bond acceptors (Lipinski definition) is 0. The average molecular weight is 555 g/mol. The molecule has 202 valence electrons. The molecule has 0 amide bonds. The highest BCUT2D eigenvalue weighted by Crippen LogP contribution is 2.47. The van der Waals surface area contributed by atoms with Crippen LogP contribution in [-0.4, -0.2) is 0 Å². The Balaban J connectivity index is 1.35. The van der Waals surface area contributed by atoms with Crippen molar-refractivity contribution in [1.29, 1.82) is 0 Å². The van der Waals surface area contributed by atoms with Gasteiger partial charge in [-0.05, 0) is 108 Å². The number of benzene rings is 10. The summed E-state index contributed by atoms with van der Waals surface area (Å²) in [5.74, 6) is 0. The molecule has 0 N–H and O–H groups in total. The predicted octanol–water partition coefficient (Wildman–Crippen LogP) is 12.7. The van der Waals surface area contributed by atoms with E-state index in [0.717, 1.165) is 0 Å². The molecule has 0 fully saturated rings. The molecular formula is C44H26. The molecule has 0 spiro atoms. The minimum atomic E-state index is 1.18. The molecule has 0 saturated carbocycles. The van der Waals surface area contributed by atoms with Crippen molar-refractivity contribution >= 4 is 98.3 Å². The lowest BCUT2D eigenvalue weighted by Gasteiger charge is -2.20. The van der Waals surface area contributed by atoms with Crippen LogP contribution in [0.5, 0.6) is 0 Å². The summed E-state index contributed by atoms with van der Waals surface area (Å²) in [5, 5.41) is 20.9. The van der Waals surface area contributed by atoms with Gasteiger partial charge in [0.15, 0.2) is 0 Å². The van der Waals surface area contributed by atoms with Crippen molar-refractivity contribution in [3.05, 3.63) is 146 Å². The summed E-state index contributed by atoms with van der Waals surface area (Å²) in [7, 11) is 0. The highest BCUT2D eigenvalue weighted by atomic mass is 14.2. The molecule has 10 aromatic carbocycles. The van der Waals surface area contributed by atoms with Crippen LogP contribution < -0.4 is 0 Å². The van der Waals surface area contributed by atoms with Gasteiger partial charge in [0.05, 0.1) is 0 Å². The standard InChI is InChI=1S/C44H26/c1-3-25-17-19-37-35-15-7-11-31-29(21-23-39(43(31)35)33-13-5-9-27(25)41(33)37)30-22-24-40-34-14-6-10-28-26(4-2)18-20-38(42(28)34)36-16-8-12-32(30)44(36)40/h3-24H,1-2H2. The van der Waals surface area contributed by atoms with E-state index in [-0.39, 0.29) is 0 Å². The van der Waals surface area contributed by atoms with Gasteiger partial charge in [-0.25, -0.2) is 0 Å². The van der Waals surface area contributed by atoms with E-state index in [4.69, 9.17) is 0 Å². The van der Waals surface area contributed by atoms with E-state index >= 15 is 0 Å². The van der Waals surface area contributed by atoms with Gasteiger partial charge < -0.3 is 0 Å². The fraction of sp³-hybridized carbons (Fsp3) is 0. The van der Waals surface area contributed by atoms with Gasteiger partial charge in [-0.2, -0.15) is 0 Å². The Morgan fingerprint density at radius 3 is 0.909 bits per heavy atom. The van der Waals surface area contributed by atoms with Gasteiger partial charge in [0.2, 0.25) is 0 Å². The fourth-order valence-corrected chi connectivity index (χ4v) is 8.29. The van der Waals surface area contributed by atoms with Crippen LogP contribution in [0.4, 0.5) is 0 Å². The fourth-order valence-electron chi connectivity index (χ4n) is 8.29. The van der Waals surface area contributed by atoms with E-state index in [0.29, 0.717) is 0 Å². The van der Waals surface area contributed by atoms with Crippen molar-refractivity contribution in [2.45, 2.75) is 0 Å². The van der Waals surface area contributed by atoms with Gasteiger partial charge in [-0.15, -0.1) is 0 Å². The molecule has 0 nitrogen and oxygen atoms in total. The van der Waals surface area contributed by atoms with Crippen LogP contribution in [0, 0.1) is 0 Å². The first-order valence-electron chi connectivity index (χ1n) is 15.3. The maximum Gasteiger partial charge on any atom is -0.00201 e. The lowest BCUT2D eigenvalue weighted by atomic mass is 9.83. The van der Waals surface area contributed by atoms with Gasteiger partial charge in [0.25, 0.3) is 0 Å². The van der Waals surface area contributed by atoms with E-state index in [1.54, 1.807) is 0 Å². The van der Waals surface area contributed by atoms with Crippen LogP contribution in [0.1, 0.15) is 11.1 Å². The Hall–Kier alpha value is -5.72. The van der Waals surface area contributed by atoms with Crippen molar-refractivity contribution in [2.24, 2.45) is 0 Å².